The van der Waals surface area contributed by atoms with Crippen molar-refractivity contribution in [1.29, 1.82) is 0 Å². The van der Waals surface area contributed by atoms with Gasteiger partial charge in [0.25, 0.3) is 0 Å². The fraction of sp³-hybridized carbons (Fsp3) is 0.263. The van der Waals surface area contributed by atoms with Crippen LogP contribution in [0.15, 0.2) is 42.5 Å². The van der Waals surface area contributed by atoms with Gasteiger partial charge < -0.3 is 9.47 Å². The quantitative estimate of drug-likeness (QED) is 0.799. The number of methoxy groups -OCH3 is 1. The number of fused-ring (bicyclic) bond motifs is 2. The molecule has 2 aromatic rings. The molecule has 0 radical (unpaired) electrons. The third-order valence-corrected chi connectivity index (χ3v) is 4.29. The molecular formula is C19H18O4. The second-order valence-corrected chi connectivity index (χ2v) is 6.10. The van der Waals surface area contributed by atoms with Gasteiger partial charge in [-0.1, -0.05) is 30.3 Å². The largest absolute Gasteiger partial charge is 0.488 e. The van der Waals surface area contributed by atoms with E-state index in [1.807, 2.05) is 18.2 Å². The summed E-state index contributed by atoms with van der Waals surface area (Å²) in [6, 6.07) is 12.7. The molecular weight excluding hydrogens is 292 g/mol. The monoisotopic (exact) mass is 310 g/mol. The number of ketones is 1. The van der Waals surface area contributed by atoms with E-state index in [1.165, 1.54) is 7.11 Å². The van der Waals surface area contributed by atoms with Crippen LogP contribution in [0.25, 0.3) is 0 Å². The van der Waals surface area contributed by atoms with Crippen molar-refractivity contribution in [1.82, 2.24) is 0 Å². The lowest BCUT2D eigenvalue weighted by Crippen LogP contribution is -2.30. The van der Waals surface area contributed by atoms with E-state index in [-0.39, 0.29) is 11.8 Å². The van der Waals surface area contributed by atoms with E-state index in [1.54, 1.807) is 38.1 Å². The maximum atomic E-state index is 12.9. The smallest absolute Gasteiger partial charge is 0.315 e. The van der Waals surface area contributed by atoms with Crippen LogP contribution >= 0.6 is 0 Å². The van der Waals surface area contributed by atoms with Gasteiger partial charge in [0.2, 0.25) is 0 Å². The van der Waals surface area contributed by atoms with Crippen LogP contribution in [0, 0.1) is 0 Å². The van der Waals surface area contributed by atoms with Gasteiger partial charge in [-0.05, 0) is 31.5 Å². The molecule has 0 N–H and O–H groups in total. The highest BCUT2D eigenvalue weighted by molar-refractivity contribution is 6.12. The van der Waals surface area contributed by atoms with Gasteiger partial charge in [0.05, 0.1) is 18.1 Å². The standard InChI is InChI=1S/C19H18O4/c1-19(2,18(21)22-3)13-8-9-16-15(10-13)17(20)14-7-5-4-6-12(14)11-23-16/h4-10H,11H2,1-3H3. The Kier molecular flexibility index (Phi) is 3.68. The van der Waals surface area contributed by atoms with Gasteiger partial charge in [-0.2, -0.15) is 0 Å². The molecule has 0 aromatic heterocycles. The molecule has 0 spiro atoms. The number of hydrogen-bond donors (Lipinski definition) is 0. The first kappa shape index (κ1) is 15.3. The summed E-state index contributed by atoms with van der Waals surface area (Å²) in [5, 5.41) is 0. The second kappa shape index (κ2) is 5.54. The summed E-state index contributed by atoms with van der Waals surface area (Å²) in [6.07, 6.45) is 0. The lowest BCUT2D eigenvalue weighted by molar-refractivity contribution is -0.146. The summed E-state index contributed by atoms with van der Waals surface area (Å²) in [4.78, 5) is 24.9. The van der Waals surface area contributed by atoms with E-state index in [0.29, 0.717) is 23.5 Å². The minimum absolute atomic E-state index is 0.0874. The first-order valence-corrected chi connectivity index (χ1v) is 7.43. The Bertz CT molecular complexity index is 790. The molecule has 0 saturated carbocycles. The van der Waals surface area contributed by atoms with Gasteiger partial charge in [0, 0.05) is 11.1 Å². The molecule has 4 heteroatoms. The molecule has 23 heavy (non-hydrogen) atoms. The number of rotatable bonds is 2. The van der Waals surface area contributed by atoms with Crippen LogP contribution < -0.4 is 4.74 Å². The number of ether oxygens (including phenoxy) is 2. The molecule has 4 nitrogen and oxygen atoms in total. The SMILES string of the molecule is COC(=O)C(C)(C)c1ccc2c(c1)C(=O)c1ccccc1CO2. The average molecular weight is 310 g/mol. The van der Waals surface area contributed by atoms with Crippen molar-refractivity contribution in [2.24, 2.45) is 0 Å². The fourth-order valence-corrected chi connectivity index (χ4v) is 2.76. The lowest BCUT2D eigenvalue weighted by atomic mass is 9.83. The number of carbonyl (C=O) groups excluding carboxylic acids is 2. The van der Waals surface area contributed by atoms with Crippen LogP contribution in [0.1, 0.15) is 40.9 Å². The topological polar surface area (TPSA) is 52.6 Å². The average Bonchev–Trinajstić information content (AvgIpc) is 2.71. The molecule has 3 rings (SSSR count). The molecule has 0 atom stereocenters. The lowest BCUT2D eigenvalue weighted by Gasteiger charge is -2.23. The first-order chi connectivity index (χ1) is 10.9. The predicted octanol–water partition coefficient (Wildman–Crippen LogP) is 3.26. The summed E-state index contributed by atoms with van der Waals surface area (Å²) in [6.45, 7) is 3.90. The van der Waals surface area contributed by atoms with Crippen LogP contribution in [0.4, 0.5) is 0 Å². The van der Waals surface area contributed by atoms with Crippen molar-refractivity contribution in [2.75, 3.05) is 7.11 Å². The Morgan fingerprint density at radius 3 is 2.61 bits per heavy atom. The van der Waals surface area contributed by atoms with E-state index in [9.17, 15) is 9.59 Å². The number of benzene rings is 2. The summed E-state index contributed by atoms with van der Waals surface area (Å²) in [5.74, 6) is 0.103. The van der Waals surface area contributed by atoms with E-state index in [0.717, 1.165) is 11.1 Å². The van der Waals surface area contributed by atoms with Crippen molar-refractivity contribution in [3.63, 3.8) is 0 Å². The van der Waals surface area contributed by atoms with Crippen molar-refractivity contribution >= 4 is 11.8 Å². The molecule has 2 aromatic carbocycles. The first-order valence-electron chi connectivity index (χ1n) is 7.43. The van der Waals surface area contributed by atoms with E-state index in [2.05, 4.69) is 0 Å². The second-order valence-electron chi connectivity index (χ2n) is 6.10. The van der Waals surface area contributed by atoms with Crippen LogP contribution in [0.2, 0.25) is 0 Å². The maximum Gasteiger partial charge on any atom is 0.315 e. The maximum absolute atomic E-state index is 12.9. The van der Waals surface area contributed by atoms with Gasteiger partial charge >= 0.3 is 5.97 Å². The van der Waals surface area contributed by atoms with Gasteiger partial charge in [-0.3, -0.25) is 9.59 Å². The molecule has 0 saturated heterocycles. The zero-order valence-corrected chi connectivity index (χ0v) is 13.4. The fourth-order valence-electron chi connectivity index (χ4n) is 2.76. The normalized spacial score (nSPS) is 13.4. The number of hydrogen-bond acceptors (Lipinski definition) is 4. The highest BCUT2D eigenvalue weighted by Crippen LogP contribution is 2.33. The highest BCUT2D eigenvalue weighted by Gasteiger charge is 2.33. The Morgan fingerprint density at radius 1 is 1.13 bits per heavy atom. The minimum atomic E-state index is -0.837. The zero-order chi connectivity index (χ0) is 16.6. The Balaban J connectivity index is 2.11. The highest BCUT2D eigenvalue weighted by atomic mass is 16.5. The van der Waals surface area contributed by atoms with Crippen LogP contribution in [0.3, 0.4) is 0 Å². The van der Waals surface area contributed by atoms with Crippen LogP contribution in [0.5, 0.6) is 5.75 Å². The molecule has 0 unspecified atom stereocenters. The molecule has 0 aliphatic carbocycles. The Labute approximate surface area is 135 Å². The summed E-state index contributed by atoms with van der Waals surface area (Å²) >= 11 is 0. The van der Waals surface area contributed by atoms with Crippen LogP contribution in [-0.2, 0) is 21.6 Å². The Morgan fingerprint density at radius 2 is 1.87 bits per heavy atom. The van der Waals surface area contributed by atoms with Crippen molar-refractivity contribution in [3.8, 4) is 5.75 Å². The van der Waals surface area contributed by atoms with E-state index < -0.39 is 5.41 Å². The third-order valence-electron chi connectivity index (χ3n) is 4.29. The van der Waals surface area contributed by atoms with Gasteiger partial charge in [-0.25, -0.2) is 0 Å². The minimum Gasteiger partial charge on any atom is -0.488 e. The van der Waals surface area contributed by atoms with Gasteiger partial charge in [0.15, 0.2) is 5.78 Å². The molecule has 0 fully saturated rings. The van der Waals surface area contributed by atoms with Gasteiger partial charge in [-0.15, -0.1) is 0 Å². The molecule has 1 aliphatic heterocycles. The molecule has 0 bridgehead atoms. The van der Waals surface area contributed by atoms with Crippen LogP contribution in [-0.4, -0.2) is 18.9 Å². The number of carbonyl (C=O) groups is 2. The van der Waals surface area contributed by atoms with Crippen molar-refractivity contribution in [3.05, 3.63) is 64.7 Å². The third kappa shape index (κ3) is 2.50. The Hall–Kier alpha value is -2.62. The molecule has 1 aliphatic rings. The molecule has 0 amide bonds. The van der Waals surface area contributed by atoms with Crippen molar-refractivity contribution in [2.45, 2.75) is 25.9 Å². The summed E-state index contributed by atoms with van der Waals surface area (Å²) < 4.78 is 10.6. The summed E-state index contributed by atoms with van der Waals surface area (Å²) in [5.41, 5.74) is 1.86. The predicted molar refractivity (Wildman–Crippen MR) is 85.7 cm³/mol. The summed E-state index contributed by atoms with van der Waals surface area (Å²) in [7, 11) is 1.36. The molecule has 118 valence electrons. The van der Waals surface area contributed by atoms with Gasteiger partial charge in [0.1, 0.15) is 12.4 Å². The van der Waals surface area contributed by atoms with E-state index >= 15 is 0 Å². The molecule has 1 heterocycles. The van der Waals surface area contributed by atoms with Crippen molar-refractivity contribution < 1.29 is 19.1 Å². The van der Waals surface area contributed by atoms with E-state index in [4.69, 9.17) is 9.47 Å². The zero-order valence-electron chi connectivity index (χ0n) is 13.4. The number of esters is 1.